The van der Waals surface area contributed by atoms with Crippen molar-refractivity contribution in [2.24, 2.45) is 0 Å². The van der Waals surface area contributed by atoms with Crippen molar-refractivity contribution < 1.29 is 19.1 Å². The molecule has 2 heterocycles. The average Bonchev–Trinajstić information content (AvgIpc) is 3.14. The number of hydrogen-bond acceptors (Lipinski definition) is 6. The molecular weight excluding hydrogens is 392 g/mol. The van der Waals surface area contributed by atoms with Gasteiger partial charge in [0.1, 0.15) is 0 Å². The summed E-state index contributed by atoms with van der Waals surface area (Å²) in [5.41, 5.74) is 2.23. The van der Waals surface area contributed by atoms with E-state index >= 15 is 0 Å². The molecule has 1 aromatic heterocycles. The Kier molecular flexibility index (Phi) is 6.28. The van der Waals surface area contributed by atoms with Gasteiger partial charge in [0.25, 0.3) is 0 Å². The number of nitrogens with one attached hydrogen (secondary N) is 2. The van der Waals surface area contributed by atoms with Gasteiger partial charge in [0.2, 0.25) is 0 Å². The molecule has 9 heteroatoms. The molecule has 0 bridgehead atoms. The molecule has 29 heavy (non-hydrogen) atoms. The molecule has 0 saturated heterocycles. The highest BCUT2D eigenvalue weighted by Crippen LogP contribution is 2.30. The van der Waals surface area contributed by atoms with E-state index in [4.69, 9.17) is 21.7 Å². The summed E-state index contributed by atoms with van der Waals surface area (Å²) in [4.78, 5) is 25.2. The van der Waals surface area contributed by atoms with E-state index < -0.39 is 18.0 Å². The Morgan fingerprint density at radius 1 is 1.14 bits per heavy atom. The third-order valence-corrected chi connectivity index (χ3v) is 4.53. The molecule has 152 valence electrons. The number of aromatic nitrogens is 2. The Hall–Kier alpha value is -3.20. The second-order valence-electron chi connectivity index (χ2n) is 6.22. The standard InChI is InChI=1S/C20H22N4O4S/c1-4-27-18(25)15-12(3)21-20(29)22-16(15)14-11-24(13-9-7-6-8-10-13)23-17(14)19(26)28-5-2/h6-11,16H,4-5H2,1-3H3,(H2,21,22,29). The molecule has 1 aliphatic heterocycles. The lowest BCUT2D eigenvalue weighted by atomic mass is 9.96. The summed E-state index contributed by atoms with van der Waals surface area (Å²) in [5.74, 6) is -1.08. The van der Waals surface area contributed by atoms with Crippen LogP contribution in [0, 0.1) is 0 Å². The quantitative estimate of drug-likeness (QED) is 0.550. The maximum Gasteiger partial charge on any atom is 0.359 e. The highest BCUT2D eigenvalue weighted by molar-refractivity contribution is 7.80. The topological polar surface area (TPSA) is 94.5 Å². The van der Waals surface area contributed by atoms with Crippen LogP contribution in [0.3, 0.4) is 0 Å². The molecule has 1 unspecified atom stereocenters. The van der Waals surface area contributed by atoms with E-state index in [9.17, 15) is 9.59 Å². The summed E-state index contributed by atoms with van der Waals surface area (Å²) in [7, 11) is 0. The minimum absolute atomic E-state index is 0.104. The van der Waals surface area contributed by atoms with Crippen LogP contribution in [0.25, 0.3) is 5.69 Å². The Labute approximate surface area is 173 Å². The highest BCUT2D eigenvalue weighted by Gasteiger charge is 2.35. The van der Waals surface area contributed by atoms with Crippen molar-refractivity contribution in [2.45, 2.75) is 26.8 Å². The molecule has 1 aliphatic rings. The fraction of sp³-hybridized carbons (Fsp3) is 0.300. The van der Waals surface area contributed by atoms with E-state index in [1.54, 1.807) is 31.6 Å². The van der Waals surface area contributed by atoms with Crippen molar-refractivity contribution in [1.29, 1.82) is 0 Å². The predicted molar refractivity (Wildman–Crippen MR) is 110 cm³/mol. The normalized spacial score (nSPS) is 16.1. The second kappa shape index (κ2) is 8.87. The molecule has 0 saturated carbocycles. The van der Waals surface area contributed by atoms with Crippen LogP contribution in [0.2, 0.25) is 0 Å². The molecule has 2 aromatic rings. The van der Waals surface area contributed by atoms with Gasteiger partial charge < -0.3 is 20.1 Å². The largest absolute Gasteiger partial charge is 0.463 e. The van der Waals surface area contributed by atoms with Crippen molar-refractivity contribution in [3.63, 3.8) is 0 Å². The number of hydrogen-bond donors (Lipinski definition) is 2. The molecule has 8 nitrogen and oxygen atoms in total. The van der Waals surface area contributed by atoms with Crippen LogP contribution < -0.4 is 10.6 Å². The van der Waals surface area contributed by atoms with Crippen LogP contribution in [-0.2, 0) is 14.3 Å². The van der Waals surface area contributed by atoms with Gasteiger partial charge in [-0.2, -0.15) is 5.10 Å². The van der Waals surface area contributed by atoms with Crippen LogP contribution in [0.15, 0.2) is 47.8 Å². The van der Waals surface area contributed by atoms with Crippen LogP contribution in [0.1, 0.15) is 42.9 Å². The fourth-order valence-electron chi connectivity index (χ4n) is 3.08. The number of carbonyl (C=O) groups is 2. The van der Waals surface area contributed by atoms with Crippen LogP contribution in [0.4, 0.5) is 0 Å². The zero-order valence-corrected chi connectivity index (χ0v) is 17.2. The van der Waals surface area contributed by atoms with Gasteiger partial charge >= 0.3 is 11.9 Å². The monoisotopic (exact) mass is 414 g/mol. The Bertz CT molecular complexity index is 968. The molecule has 1 aromatic carbocycles. The summed E-state index contributed by atoms with van der Waals surface area (Å²) in [6.07, 6.45) is 1.69. The summed E-state index contributed by atoms with van der Waals surface area (Å²) >= 11 is 5.27. The molecule has 0 radical (unpaired) electrons. The number of thiocarbonyl (C=S) groups is 1. The van der Waals surface area contributed by atoms with Crippen LogP contribution in [0.5, 0.6) is 0 Å². The number of rotatable bonds is 6. The van der Waals surface area contributed by atoms with Gasteiger partial charge in [-0.1, -0.05) is 18.2 Å². The predicted octanol–water partition coefficient (Wildman–Crippen LogP) is 2.40. The highest BCUT2D eigenvalue weighted by atomic mass is 32.1. The summed E-state index contributed by atoms with van der Waals surface area (Å²) < 4.78 is 12.0. The maximum absolute atomic E-state index is 12.6. The van der Waals surface area contributed by atoms with Crippen molar-refractivity contribution in [1.82, 2.24) is 20.4 Å². The van der Waals surface area contributed by atoms with Crippen molar-refractivity contribution in [3.8, 4) is 5.69 Å². The number of benzene rings is 1. The van der Waals surface area contributed by atoms with Gasteiger partial charge in [-0.05, 0) is 45.1 Å². The molecule has 1 atom stereocenters. The molecular formula is C20H22N4O4S. The number of ether oxygens (including phenoxy) is 2. The first-order chi connectivity index (χ1) is 14.0. The third-order valence-electron chi connectivity index (χ3n) is 4.31. The van der Waals surface area contributed by atoms with E-state index in [0.717, 1.165) is 5.69 Å². The van der Waals surface area contributed by atoms with Crippen molar-refractivity contribution >= 4 is 29.3 Å². The first-order valence-corrected chi connectivity index (χ1v) is 9.64. The minimum atomic E-state index is -0.709. The minimum Gasteiger partial charge on any atom is -0.463 e. The van der Waals surface area contributed by atoms with Crippen molar-refractivity contribution in [2.75, 3.05) is 13.2 Å². The first kappa shape index (κ1) is 20.5. The number of allylic oxidation sites excluding steroid dienone is 1. The maximum atomic E-state index is 12.6. The molecule has 0 fully saturated rings. The Morgan fingerprint density at radius 3 is 2.45 bits per heavy atom. The Morgan fingerprint density at radius 2 is 1.79 bits per heavy atom. The smallest absolute Gasteiger partial charge is 0.359 e. The molecule has 0 amide bonds. The SMILES string of the molecule is CCOC(=O)C1=C(C)NC(=S)NC1c1cn(-c2ccccc2)nc1C(=O)OCC. The molecule has 3 rings (SSSR count). The lowest BCUT2D eigenvalue weighted by Gasteiger charge is -2.29. The average molecular weight is 414 g/mol. The van der Waals surface area contributed by atoms with Gasteiger partial charge in [-0.3, -0.25) is 0 Å². The summed E-state index contributed by atoms with van der Waals surface area (Å²) in [6.45, 7) is 5.61. The lowest BCUT2D eigenvalue weighted by Crippen LogP contribution is -2.45. The van der Waals surface area contributed by atoms with Gasteiger partial charge in [-0.15, -0.1) is 0 Å². The Balaban J connectivity index is 2.14. The van der Waals surface area contributed by atoms with E-state index in [1.165, 1.54) is 0 Å². The number of esters is 2. The lowest BCUT2D eigenvalue weighted by molar-refractivity contribution is -0.139. The van der Waals surface area contributed by atoms with Crippen LogP contribution in [-0.4, -0.2) is 40.0 Å². The third kappa shape index (κ3) is 4.29. The summed E-state index contributed by atoms with van der Waals surface area (Å²) in [5, 5.41) is 10.8. The molecule has 2 N–H and O–H groups in total. The number of carbonyl (C=O) groups excluding carboxylic acids is 2. The second-order valence-corrected chi connectivity index (χ2v) is 6.63. The van der Waals surface area contributed by atoms with E-state index in [1.807, 2.05) is 30.3 Å². The van der Waals surface area contributed by atoms with Crippen molar-refractivity contribution in [3.05, 3.63) is 59.1 Å². The van der Waals surface area contributed by atoms with Gasteiger partial charge in [-0.25, -0.2) is 14.3 Å². The molecule has 0 aliphatic carbocycles. The van der Waals surface area contributed by atoms with Crippen LogP contribution >= 0.6 is 12.2 Å². The first-order valence-electron chi connectivity index (χ1n) is 9.23. The van der Waals surface area contributed by atoms with Gasteiger partial charge in [0, 0.05) is 17.5 Å². The fourth-order valence-corrected chi connectivity index (χ4v) is 3.35. The van der Waals surface area contributed by atoms with E-state index in [0.29, 0.717) is 21.9 Å². The number of para-hydroxylation sites is 1. The zero-order valence-electron chi connectivity index (χ0n) is 16.4. The zero-order chi connectivity index (χ0) is 21.0. The summed E-state index contributed by atoms with van der Waals surface area (Å²) in [6, 6.07) is 8.64. The molecule has 0 spiro atoms. The van der Waals surface area contributed by atoms with E-state index in [2.05, 4.69) is 15.7 Å². The van der Waals surface area contributed by atoms with E-state index in [-0.39, 0.29) is 18.9 Å². The number of nitrogens with zero attached hydrogens (tertiary/aromatic N) is 2. The van der Waals surface area contributed by atoms with Gasteiger partial charge in [0.05, 0.1) is 30.5 Å². The van der Waals surface area contributed by atoms with Gasteiger partial charge in [0.15, 0.2) is 10.8 Å².